The van der Waals surface area contributed by atoms with Gasteiger partial charge in [0.1, 0.15) is 22.9 Å². The average molecular weight is 407 g/mol. The normalized spacial score (nSPS) is 11.6. The minimum Gasteiger partial charge on any atom is -0.497 e. The van der Waals surface area contributed by atoms with Crippen molar-refractivity contribution in [2.24, 2.45) is 0 Å². The Hall–Kier alpha value is -3.32. The summed E-state index contributed by atoms with van der Waals surface area (Å²) < 4.78 is 30.8. The molecule has 2 heterocycles. The topological polar surface area (TPSA) is 72.7 Å². The fraction of sp³-hybridized carbons (Fsp3) is 0.136. The van der Waals surface area contributed by atoms with Gasteiger partial charge >= 0.3 is 0 Å². The molecule has 2 aromatic heterocycles. The highest BCUT2D eigenvalue weighted by atomic mass is 32.2. The van der Waals surface area contributed by atoms with E-state index in [1.165, 1.54) is 6.26 Å². The lowest BCUT2D eigenvalue weighted by molar-refractivity contribution is 0.415. The van der Waals surface area contributed by atoms with E-state index in [0.29, 0.717) is 0 Å². The lowest BCUT2D eigenvalue weighted by atomic mass is 10.1. The Morgan fingerprint density at radius 3 is 2.31 bits per heavy atom. The lowest BCUT2D eigenvalue weighted by Crippen LogP contribution is -1.98. The van der Waals surface area contributed by atoms with Crippen LogP contribution in [0.2, 0.25) is 0 Å². The maximum Gasteiger partial charge on any atom is 0.175 e. The second-order valence-electron chi connectivity index (χ2n) is 6.89. The number of fused-ring (bicyclic) bond motifs is 1. The minimum atomic E-state index is -3.25. The number of aromatic nitrogens is 2. The van der Waals surface area contributed by atoms with Crippen LogP contribution in [0.5, 0.6) is 5.75 Å². The molecule has 0 aliphatic carbocycles. The summed E-state index contributed by atoms with van der Waals surface area (Å²) in [5.41, 5.74) is 4.38. The van der Waals surface area contributed by atoms with Crippen molar-refractivity contribution in [3.63, 3.8) is 0 Å². The Bertz CT molecular complexity index is 1280. The van der Waals surface area contributed by atoms with Crippen LogP contribution in [0, 0.1) is 6.92 Å². The molecule has 0 bridgehead atoms. The quantitative estimate of drug-likeness (QED) is 0.529. The molecule has 1 N–H and O–H groups in total. The Morgan fingerprint density at radius 1 is 1.00 bits per heavy atom. The molecule has 0 atom stereocenters. The van der Waals surface area contributed by atoms with Gasteiger partial charge in [-0.2, -0.15) is 0 Å². The number of methoxy groups -OCH3 is 1. The first-order valence-electron chi connectivity index (χ1n) is 9.05. The number of ether oxygens (including phenoxy) is 1. The van der Waals surface area contributed by atoms with E-state index in [4.69, 9.17) is 9.72 Å². The summed E-state index contributed by atoms with van der Waals surface area (Å²) in [4.78, 5) is 5.07. The van der Waals surface area contributed by atoms with Crippen molar-refractivity contribution in [3.05, 3.63) is 72.4 Å². The summed E-state index contributed by atoms with van der Waals surface area (Å²) in [5.74, 6) is 1.58. The van der Waals surface area contributed by atoms with Gasteiger partial charge in [-0.3, -0.25) is 4.40 Å². The third-order valence-electron chi connectivity index (χ3n) is 4.69. The number of pyridine rings is 1. The van der Waals surface area contributed by atoms with Crippen LogP contribution >= 0.6 is 0 Å². The molecule has 0 saturated carbocycles. The molecule has 6 nitrogen and oxygen atoms in total. The van der Waals surface area contributed by atoms with Gasteiger partial charge in [0.05, 0.1) is 12.0 Å². The Balaban J connectivity index is 1.83. The highest BCUT2D eigenvalue weighted by Gasteiger charge is 2.16. The van der Waals surface area contributed by atoms with E-state index in [1.807, 2.05) is 53.9 Å². The molecule has 0 aliphatic heterocycles. The van der Waals surface area contributed by atoms with Crippen molar-refractivity contribution in [1.82, 2.24) is 9.38 Å². The highest BCUT2D eigenvalue weighted by Crippen LogP contribution is 2.32. The van der Waals surface area contributed by atoms with Gasteiger partial charge in [0.2, 0.25) is 0 Å². The Morgan fingerprint density at radius 2 is 1.69 bits per heavy atom. The van der Waals surface area contributed by atoms with Crippen molar-refractivity contribution in [1.29, 1.82) is 0 Å². The number of aryl methyl sites for hydroxylation is 1. The van der Waals surface area contributed by atoms with Gasteiger partial charge in [0, 0.05) is 23.7 Å². The van der Waals surface area contributed by atoms with E-state index < -0.39 is 9.84 Å². The van der Waals surface area contributed by atoms with Gasteiger partial charge in [0.15, 0.2) is 9.84 Å². The predicted octanol–water partition coefficient (Wildman–Crippen LogP) is 4.47. The molecule has 0 fully saturated rings. The van der Waals surface area contributed by atoms with Gasteiger partial charge in [-0.1, -0.05) is 12.1 Å². The van der Waals surface area contributed by atoms with Gasteiger partial charge in [-0.25, -0.2) is 13.4 Å². The molecule has 0 aliphatic rings. The molecule has 2 aromatic carbocycles. The maximum atomic E-state index is 11.8. The summed E-state index contributed by atoms with van der Waals surface area (Å²) in [6.07, 6.45) is 3.17. The monoisotopic (exact) mass is 407 g/mol. The third-order valence-corrected chi connectivity index (χ3v) is 5.82. The van der Waals surface area contributed by atoms with E-state index in [2.05, 4.69) is 5.32 Å². The molecule has 0 saturated heterocycles. The average Bonchev–Trinajstić information content (AvgIpc) is 3.05. The van der Waals surface area contributed by atoms with Crippen LogP contribution in [-0.4, -0.2) is 31.2 Å². The van der Waals surface area contributed by atoms with Gasteiger partial charge < -0.3 is 10.1 Å². The largest absolute Gasteiger partial charge is 0.497 e. The summed E-state index contributed by atoms with van der Waals surface area (Å²) in [7, 11) is -1.62. The molecule has 7 heteroatoms. The van der Waals surface area contributed by atoms with E-state index >= 15 is 0 Å². The van der Waals surface area contributed by atoms with Gasteiger partial charge in [0.25, 0.3) is 0 Å². The fourth-order valence-electron chi connectivity index (χ4n) is 3.14. The molecule has 4 aromatic rings. The summed E-state index contributed by atoms with van der Waals surface area (Å²) >= 11 is 0. The van der Waals surface area contributed by atoms with E-state index in [-0.39, 0.29) is 4.90 Å². The van der Waals surface area contributed by atoms with Crippen LogP contribution in [0.4, 0.5) is 11.5 Å². The number of hydrogen-bond acceptors (Lipinski definition) is 5. The molecular weight excluding hydrogens is 386 g/mol. The van der Waals surface area contributed by atoms with Crippen LogP contribution in [0.1, 0.15) is 5.56 Å². The zero-order chi connectivity index (χ0) is 20.6. The number of sulfone groups is 1. The Kier molecular flexibility index (Phi) is 4.76. The van der Waals surface area contributed by atoms with Gasteiger partial charge in [-0.05, 0) is 61.0 Å². The molecule has 4 rings (SSSR count). The molecule has 0 spiro atoms. The lowest BCUT2D eigenvalue weighted by Gasteiger charge is -2.10. The van der Waals surface area contributed by atoms with Gasteiger partial charge in [-0.15, -0.1) is 0 Å². The molecule has 29 heavy (non-hydrogen) atoms. The number of anilines is 2. The summed E-state index contributed by atoms with van der Waals surface area (Å²) in [6, 6.07) is 18.4. The summed E-state index contributed by atoms with van der Waals surface area (Å²) in [5, 5.41) is 3.44. The first-order chi connectivity index (χ1) is 13.8. The first-order valence-corrected chi connectivity index (χ1v) is 10.9. The number of hydrogen-bond donors (Lipinski definition) is 1. The zero-order valence-electron chi connectivity index (χ0n) is 16.4. The van der Waals surface area contributed by atoms with E-state index in [1.54, 1.807) is 31.4 Å². The highest BCUT2D eigenvalue weighted by molar-refractivity contribution is 7.90. The second kappa shape index (κ2) is 7.25. The molecular formula is C22H21N3O3S. The molecule has 148 valence electrons. The van der Waals surface area contributed by atoms with Crippen LogP contribution < -0.4 is 10.1 Å². The van der Waals surface area contributed by atoms with Crippen molar-refractivity contribution >= 4 is 27.0 Å². The number of nitrogens with one attached hydrogen (secondary N) is 1. The standard InChI is InChI=1S/C22H21N3O3S/c1-15-12-13-25-20(14-15)24-21(16-4-10-19(11-5-16)29(3,26)27)22(25)23-17-6-8-18(28-2)9-7-17/h4-14,23H,1-3H3. The molecule has 0 unspecified atom stereocenters. The molecule has 0 radical (unpaired) electrons. The fourth-order valence-corrected chi connectivity index (χ4v) is 3.77. The smallest absolute Gasteiger partial charge is 0.175 e. The minimum absolute atomic E-state index is 0.283. The van der Waals surface area contributed by atoms with Crippen LogP contribution in [0.15, 0.2) is 71.8 Å². The van der Waals surface area contributed by atoms with Crippen LogP contribution in [0.25, 0.3) is 16.9 Å². The van der Waals surface area contributed by atoms with Crippen LogP contribution in [0.3, 0.4) is 0 Å². The van der Waals surface area contributed by atoms with Crippen molar-refractivity contribution in [2.45, 2.75) is 11.8 Å². The summed E-state index contributed by atoms with van der Waals surface area (Å²) in [6.45, 7) is 2.02. The number of rotatable bonds is 5. The van der Waals surface area contributed by atoms with E-state index in [0.717, 1.165) is 39.7 Å². The second-order valence-corrected chi connectivity index (χ2v) is 8.91. The SMILES string of the molecule is COc1ccc(Nc2c(-c3ccc(S(C)(=O)=O)cc3)nc3cc(C)ccn23)cc1. The number of benzene rings is 2. The Labute approximate surface area is 169 Å². The van der Waals surface area contributed by atoms with Crippen LogP contribution in [-0.2, 0) is 9.84 Å². The zero-order valence-corrected chi connectivity index (χ0v) is 17.2. The molecule has 0 amide bonds. The number of imidazole rings is 1. The van der Waals surface area contributed by atoms with Crippen molar-refractivity contribution < 1.29 is 13.2 Å². The van der Waals surface area contributed by atoms with E-state index in [9.17, 15) is 8.42 Å². The first kappa shape index (κ1) is 19.0. The van der Waals surface area contributed by atoms with Crippen molar-refractivity contribution in [2.75, 3.05) is 18.7 Å². The maximum absolute atomic E-state index is 11.8. The predicted molar refractivity (Wildman–Crippen MR) is 115 cm³/mol. The van der Waals surface area contributed by atoms with Crippen molar-refractivity contribution in [3.8, 4) is 17.0 Å². The number of nitrogens with zero attached hydrogens (tertiary/aromatic N) is 2. The third kappa shape index (κ3) is 3.82.